The molecule has 0 spiro atoms. The van der Waals surface area contributed by atoms with Gasteiger partial charge in [-0.05, 0) is 36.8 Å². The molecule has 1 aromatic carbocycles. The lowest BCUT2D eigenvalue weighted by Crippen LogP contribution is -1.95. The second-order valence-corrected chi connectivity index (χ2v) is 5.54. The van der Waals surface area contributed by atoms with E-state index in [1.807, 2.05) is 36.4 Å². The van der Waals surface area contributed by atoms with Crippen LogP contribution in [0.2, 0.25) is 4.34 Å². The molecule has 2 rings (SSSR count). The standard InChI is InChI=1S/C13H13ClO2S/c1-9(15)10-3-2-4-11(7-10)16-8-12-5-6-13(14)17-12/h2-7,9,15H,8H2,1H3/t9-/m0/s1. The fourth-order valence-electron chi connectivity index (χ4n) is 1.45. The van der Waals surface area contributed by atoms with Gasteiger partial charge in [0.1, 0.15) is 12.4 Å². The molecule has 0 radical (unpaired) electrons. The summed E-state index contributed by atoms with van der Waals surface area (Å²) in [5.41, 5.74) is 0.853. The first-order chi connectivity index (χ1) is 8.15. The molecular formula is C13H13ClO2S. The molecule has 0 saturated carbocycles. The summed E-state index contributed by atoms with van der Waals surface area (Å²) in [7, 11) is 0. The van der Waals surface area contributed by atoms with Gasteiger partial charge in [-0.15, -0.1) is 11.3 Å². The van der Waals surface area contributed by atoms with Crippen molar-refractivity contribution < 1.29 is 9.84 Å². The summed E-state index contributed by atoms with van der Waals surface area (Å²) >= 11 is 7.35. The third-order valence-electron chi connectivity index (χ3n) is 2.35. The number of aliphatic hydroxyl groups is 1. The Morgan fingerprint density at radius 2 is 2.18 bits per heavy atom. The number of halogens is 1. The van der Waals surface area contributed by atoms with Gasteiger partial charge >= 0.3 is 0 Å². The molecule has 0 fully saturated rings. The maximum atomic E-state index is 9.47. The molecule has 0 amide bonds. The maximum Gasteiger partial charge on any atom is 0.122 e. The van der Waals surface area contributed by atoms with E-state index in [4.69, 9.17) is 16.3 Å². The highest BCUT2D eigenvalue weighted by molar-refractivity contribution is 7.16. The topological polar surface area (TPSA) is 29.5 Å². The molecule has 0 aliphatic carbocycles. The molecule has 0 aliphatic heterocycles. The zero-order valence-electron chi connectivity index (χ0n) is 9.39. The van der Waals surface area contributed by atoms with Gasteiger partial charge in [-0.25, -0.2) is 0 Å². The van der Waals surface area contributed by atoms with Crippen LogP contribution in [0.3, 0.4) is 0 Å². The van der Waals surface area contributed by atoms with E-state index in [1.54, 1.807) is 6.92 Å². The average molecular weight is 269 g/mol. The van der Waals surface area contributed by atoms with Crippen LogP contribution >= 0.6 is 22.9 Å². The maximum absolute atomic E-state index is 9.47. The second-order valence-electron chi connectivity index (χ2n) is 3.74. The number of rotatable bonds is 4. The summed E-state index contributed by atoms with van der Waals surface area (Å²) in [4.78, 5) is 1.08. The van der Waals surface area contributed by atoms with Crippen molar-refractivity contribution in [2.45, 2.75) is 19.6 Å². The predicted molar refractivity (Wildman–Crippen MR) is 70.7 cm³/mol. The van der Waals surface area contributed by atoms with Crippen molar-refractivity contribution in [3.8, 4) is 5.75 Å². The van der Waals surface area contributed by atoms with Crippen LogP contribution in [-0.4, -0.2) is 5.11 Å². The average Bonchev–Trinajstić information content (AvgIpc) is 2.73. The fourth-order valence-corrected chi connectivity index (χ4v) is 2.45. The van der Waals surface area contributed by atoms with Gasteiger partial charge < -0.3 is 9.84 Å². The monoisotopic (exact) mass is 268 g/mol. The summed E-state index contributed by atoms with van der Waals surface area (Å²) in [5, 5.41) is 9.47. The number of ether oxygens (including phenoxy) is 1. The van der Waals surface area contributed by atoms with Crippen molar-refractivity contribution in [3.63, 3.8) is 0 Å². The van der Waals surface area contributed by atoms with Crippen molar-refractivity contribution in [1.82, 2.24) is 0 Å². The number of benzene rings is 1. The molecule has 90 valence electrons. The second kappa shape index (κ2) is 5.54. The highest BCUT2D eigenvalue weighted by Crippen LogP contribution is 2.24. The molecule has 1 aromatic heterocycles. The van der Waals surface area contributed by atoms with Crippen molar-refractivity contribution in [1.29, 1.82) is 0 Å². The summed E-state index contributed by atoms with van der Waals surface area (Å²) < 4.78 is 6.40. The van der Waals surface area contributed by atoms with Gasteiger partial charge in [0.2, 0.25) is 0 Å². The first-order valence-corrected chi connectivity index (χ1v) is 6.49. The van der Waals surface area contributed by atoms with Crippen molar-refractivity contribution in [3.05, 3.63) is 51.2 Å². The van der Waals surface area contributed by atoms with E-state index in [9.17, 15) is 5.11 Å². The van der Waals surface area contributed by atoms with Crippen molar-refractivity contribution >= 4 is 22.9 Å². The SMILES string of the molecule is C[C@H](O)c1cccc(OCc2ccc(Cl)s2)c1. The normalized spacial score (nSPS) is 12.4. The molecule has 4 heteroatoms. The minimum absolute atomic E-state index is 0.477. The van der Waals surface area contributed by atoms with Crippen molar-refractivity contribution in [2.75, 3.05) is 0 Å². The van der Waals surface area contributed by atoms with Crippen LogP contribution in [0.25, 0.3) is 0 Å². The van der Waals surface area contributed by atoms with Crippen LogP contribution in [0, 0.1) is 0 Å². The Hall–Kier alpha value is -1.03. The number of hydrogen-bond acceptors (Lipinski definition) is 3. The first-order valence-electron chi connectivity index (χ1n) is 5.30. The van der Waals surface area contributed by atoms with Gasteiger partial charge in [-0.1, -0.05) is 23.7 Å². The molecule has 0 aliphatic rings. The quantitative estimate of drug-likeness (QED) is 0.907. The van der Waals surface area contributed by atoms with Crippen LogP contribution in [0.1, 0.15) is 23.5 Å². The Kier molecular flexibility index (Phi) is 4.05. The lowest BCUT2D eigenvalue weighted by molar-refractivity contribution is 0.198. The molecule has 0 saturated heterocycles. The zero-order chi connectivity index (χ0) is 12.3. The first kappa shape index (κ1) is 12.4. The van der Waals surface area contributed by atoms with Crippen molar-refractivity contribution in [2.24, 2.45) is 0 Å². The van der Waals surface area contributed by atoms with Gasteiger partial charge in [0, 0.05) is 4.88 Å². The molecule has 1 heterocycles. The minimum Gasteiger partial charge on any atom is -0.488 e. The Labute approximate surface area is 109 Å². The van der Waals surface area contributed by atoms with E-state index in [1.165, 1.54) is 11.3 Å². The Morgan fingerprint density at radius 1 is 1.35 bits per heavy atom. The van der Waals surface area contributed by atoms with E-state index >= 15 is 0 Å². The Morgan fingerprint density at radius 3 is 2.82 bits per heavy atom. The molecule has 1 N–H and O–H groups in total. The highest BCUT2D eigenvalue weighted by Gasteiger charge is 2.03. The molecule has 1 atom stereocenters. The number of thiophene rings is 1. The Balaban J connectivity index is 2.01. The Bertz CT molecular complexity index is 494. The summed E-state index contributed by atoms with van der Waals surface area (Å²) in [6.07, 6.45) is -0.477. The molecule has 0 bridgehead atoms. The highest BCUT2D eigenvalue weighted by atomic mass is 35.5. The van der Waals surface area contributed by atoms with E-state index in [0.29, 0.717) is 6.61 Å². The molecule has 17 heavy (non-hydrogen) atoms. The smallest absolute Gasteiger partial charge is 0.122 e. The molecule has 2 aromatic rings. The van der Waals surface area contributed by atoms with E-state index in [-0.39, 0.29) is 0 Å². The largest absolute Gasteiger partial charge is 0.488 e. The van der Waals surface area contributed by atoms with Gasteiger partial charge in [-0.2, -0.15) is 0 Å². The van der Waals surface area contributed by atoms with Crippen LogP contribution < -0.4 is 4.74 Å². The molecule has 0 unspecified atom stereocenters. The summed E-state index contributed by atoms with van der Waals surface area (Å²) in [6, 6.07) is 11.3. The van der Waals surface area contributed by atoms with Crippen LogP contribution in [0.5, 0.6) is 5.75 Å². The zero-order valence-corrected chi connectivity index (χ0v) is 11.0. The van der Waals surface area contributed by atoms with E-state index in [0.717, 1.165) is 20.5 Å². The molecular weight excluding hydrogens is 256 g/mol. The van der Waals surface area contributed by atoms with Crippen LogP contribution in [0.4, 0.5) is 0 Å². The van der Waals surface area contributed by atoms with Gasteiger partial charge in [0.15, 0.2) is 0 Å². The van der Waals surface area contributed by atoms with Gasteiger partial charge in [-0.3, -0.25) is 0 Å². The lowest BCUT2D eigenvalue weighted by Gasteiger charge is -2.08. The summed E-state index contributed by atoms with van der Waals surface area (Å²) in [5.74, 6) is 0.757. The third kappa shape index (κ3) is 3.46. The third-order valence-corrected chi connectivity index (χ3v) is 3.56. The van der Waals surface area contributed by atoms with E-state index in [2.05, 4.69) is 0 Å². The summed E-state index contributed by atoms with van der Waals surface area (Å²) in [6.45, 7) is 2.23. The van der Waals surface area contributed by atoms with Crippen LogP contribution in [-0.2, 0) is 6.61 Å². The number of aliphatic hydroxyl groups excluding tert-OH is 1. The molecule has 2 nitrogen and oxygen atoms in total. The lowest BCUT2D eigenvalue weighted by atomic mass is 10.1. The van der Waals surface area contributed by atoms with Crippen LogP contribution in [0.15, 0.2) is 36.4 Å². The predicted octanol–water partition coefficient (Wildman–Crippen LogP) is 4.03. The minimum atomic E-state index is -0.477. The fraction of sp³-hybridized carbons (Fsp3) is 0.231. The van der Waals surface area contributed by atoms with Gasteiger partial charge in [0.05, 0.1) is 10.4 Å². The van der Waals surface area contributed by atoms with E-state index < -0.39 is 6.10 Å². The van der Waals surface area contributed by atoms with Gasteiger partial charge in [0.25, 0.3) is 0 Å². The number of hydrogen-bond donors (Lipinski definition) is 1.